The highest BCUT2D eigenvalue weighted by atomic mass is 16.2. The summed E-state index contributed by atoms with van der Waals surface area (Å²) < 4.78 is 0. The van der Waals surface area contributed by atoms with Crippen LogP contribution in [-0.4, -0.2) is 42.0 Å². The fraction of sp³-hybridized carbons (Fsp3) is 0.667. The van der Waals surface area contributed by atoms with E-state index in [-0.39, 0.29) is 0 Å². The molecule has 0 aliphatic carbocycles. The number of pyridine rings is 1. The fourth-order valence-corrected chi connectivity index (χ4v) is 4.03. The first-order valence-corrected chi connectivity index (χ1v) is 8.49. The van der Waals surface area contributed by atoms with Crippen LogP contribution in [0.15, 0.2) is 12.1 Å². The van der Waals surface area contributed by atoms with Gasteiger partial charge < -0.3 is 9.80 Å². The summed E-state index contributed by atoms with van der Waals surface area (Å²) in [6.45, 7) is 10.2. The largest absolute Gasteiger partial charge is 0.371 e. The topological polar surface area (TPSA) is 36.4 Å². The first-order chi connectivity index (χ1) is 10.5. The number of aryl methyl sites for hydroxylation is 2. The van der Waals surface area contributed by atoms with Gasteiger partial charge in [-0.05, 0) is 57.6 Å². The smallest absolute Gasteiger partial charge is 0.222 e. The van der Waals surface area contributed by atoms with Crippen molar-refractivity contribution >= 4 is 11.6 Å². The Morgan fingerprint density at radius 3 is 2.36 bits per heavy atom. The lowest BCUT2D eigenvalue weighted by atomic mass is 9.72. The second-order valence-electron chi connectivity index (χ2n) is 7.00. The number of carbonyl (C=O) groups is 1. The third kappa shape index (κ3) is 2.96. The predicted molar refractivity (Wildman–Crippen MR) is 89.1 cm³/mol. The molecule has 0 N–H and O–H groups in total. The van der Waals surface area contributed by atoms with Crippen molar-refractivity contribution in [2.45, 2.75) is 46.5 Å². The molecule has 2 aliphatic rings. The molecule has 1 aromatic rings. The quantitative estimate of drug-likeness (QED) is 0.842. The summed E-state index contributed by atoms with van der Waals surface area (Å²) >= 11 is 0. The van der Waals surface area contributed by atoms with Gasteiger partial charge in [-0.15, -0.1) is 0 Å². The van der Waals surface area contributed by atoms with Crippen LogP contribution < -0.4 is 4.90 Å². The van der Waals surface area contributed by atoms with Gasteiger partial charge in [-0.25, -0.2) is 0 Å². The average molecular weight is 301 g/mol. The van der Waals surface area contributed by atoms with E-state index in [1.54, 1.807) is 0 Å². The van der Waals surface area contributed by atoms with E-state index in [2.05, 4.69) is 47.7 Å². The van der Waals surface area contributed by atoms with Gasteiger partial charge in [0.2, 0.25) is 5.91 Å². The molecule has 1 amide bonds. The number of piperidine rings is 2. The highest BCUT2D eigenvalue weighted by Gasteiger charge is 2.40. The summed E-state index contributed by atoms with van der Waals surface area (Å²) in [6.07, 6.45) is 4.19. The zero-order valence-corrected chi connectivity index (χ0v) is 14.1. The van der Waals surface area contributed by atoms with Gasteiger partial charge in [0, 0.05) is 49.7 Å². The van der Waals surface area contributed by atoms with Gasteiger partial charge in [-0.3, -0.25) is 9.78 Å². The maximum absolute atomic E-state index is 11.9. The number of anilines is 1. The van der Waals surface area contributed by atoms with Crippen LogP contribution in [-0.2, 0) is 4.79 Å². The molecular weight excluding hydrogens is 274 g/mol. The van der Waals surface area contributed by atoms with Crippen LogP contribution in [0.2, 0.25) is 0 Å². The molecule has 4 nitrogen and oxygen atoms in total. The first kappa shape index (κ1) is 15.3. The number of aromatic nitrogens is 1. The van der Waals surface area contributed by atoms with Crippen molar-refractivity contribution in [2.24, 2.45) is 5.41 Å². The average Bonchev–Trinajstić information content (AvgIpc) is 2.50. The number of carbonyl (C=O) groups excluding carboxylic acids is 1. The van der Waals surface area contributed by atoms with E-state index in [1.807, 2.05) is 0 Å². The number of rotatable bonds is 2. The van der Waals surface area contributed by atoms with Crippen molar-refractivity contribution in [3.05, 3.63) is 23.5 Å². The molecule has 120 valence electrons. The highest BCUT2D eigenvalue weighted by molar-refractivity contribution is 5.77. The molecule has 3 heterocycles. The zero-order valence-electron chi connectivity index (χ0n) is 14.1. The van der Waals surface area contributed by atoms with Crippen molar-refractivity contribution in [1.29, 1.82) is 0 Å². The minimum absolute atomic E-state index is 0.343. The lowest BCUT2D eigenvalue weighted by Crippen LogP contribution is -2.51. The number of amides is 1. The van der Waals surface area contributed by atoms with Crippen molar-refractivity contribution in [2.75, 3.05) is 31.1 Å². The molecular formula is C18H27N3O. The van der Waals surface area contributed by atoms with Crippen LogP contribution in [0.5, 0.6) is 0 Å². The summed E-state index contributed by atoms with van der Waals surface area (Å²) in [6, 6.07) is 4.38. The molecule has 2 fully saturated rings. The van der Waals surface area contributed by atoms with Crippen molar-refractivity contribution in [1.82, 2.24) is 9.88 Å². The molecule has 0 aromatic carbocycles. The maximum atomic E-state index is 11.9. The van der Waals surface area contributed by atoms with Gasteiger partial charge in [0.15, 0.2) is 0 Å². The molecule has 2 saturated heterocycles. The van der Waals surface area contributed by atoms with Crippen molar-refractivity contribution in [3.63, 3.8) is 0 Å². The monoisotopic (exact) mass is 301 g/mol. The highest BCUT2D eigenvalue weighted by Crippen LogP contribution is 2.41. The number of hydrogen-bond acceptors (Lipinski definition) is 3. The van der Waals surface area contributed by atoms with E-state index in [0.717, 1.165) is 50.4 Å². The normalized spacial score (nSPS) is 21.5. The van der Waals surface area contributed by atoms with E-state index >= 15 is 0 Å². The lowest BCUT2D eigenvalue weighted by molar-refractivity contribution is -0.137. The first-order valence-electron chi connectivity index (χ1n) is 8.49. The van der Waals surface area contributed by atoms with Gasteiger partial charge in [0.05, 0.1) is 0 Å². The Labute approximate surface area is 133 Å². The van der Waals surface area contributed by atoms with E-state index in [4.69, 9.17) is 0 Å². The molecule has 4 heteroatoms. The summed E-state index contributed by atoms with van der Waals surface area (Å²) in [7, 11) is 0. The zero-order chi connectivity index (χ0) is 15.7. The number of hydrogen-bond donors (Lipinski definition) is 0. The molecule has 1 aromatic heterocycles. The maximum Gasteiger partial charge on any atom is 0.222 e. The van der Waals surface area contributed by atoms with Gasteiger partial charge in [0.1, 0.15) is 0 Å². The van der Waals surface area contributed by atoms with Gasteiger partial charge in [-0.1, -0.05) is 0 Å². The number of likely N-dealkylation sites (tertiary alicyclic amines) is 1. The van der Waals surface area contributed by atoms with Gasteiger partial charge in [0.25, 0.3) is 0 Å². The summed E-state index contributed by atoms with van der Waals surface area (Å²) in [5, 5.41) is 0. The standard InChI is InChI=1S/C18H27N3O/c1-4-20-13-18(6-5-17(20)22)7-9-21(10-8-18)16-11-14(2)19-15(3)12-16/h11-12H,4-10,13H2,1-3H3. The Hall–Kier alpha value is -1.58. The minimum atomic E-state index is 0.343. The molecule has 1 spiro atoms. The van der Waals surface area contributed by atoms with Gasteiger partial charge >= 0.3 is 0 Å². The van der Waals surface area contributed by atoms with Crippen LogP contribution >= 0.6 is 0 Å². The van der Waals surface area contributed by atoms with Crippen molar-refractivity contribution < 1.29 is 4.79 Å². The summed E-state index contributed by atoms with van der Waals surface area (Å²) in [5.74, 6) is 0.343. The van der Waals surface area contributed by atoms with Gasteiger partial charge in [-0.2, -0.15) is 0 Å². The third-order valence-electron chi connectivity index (χ3n) is 5.39. The lowest BCUT2D eigenvalue weighted by Gasteiger charge is -2.47. The molecule has 0 bridgehead atoms. The van der Waals surface area contributed by atoms with E-state index < -0.39 is 0 Å². The molecule has 2 aliphatic heterocycles. The SMILES string of the molecule is CCN1CC2(CCC1=O)CCN(c1cc(C)nc(C)c1)CC2. The molecule has 0 saturated carbocycles. The Bertz CT molecular complexity index is 541. The van der Waals surface area contributed by atoms with Crippen LogP contribution in [0.3, 0.4) is 0 Å². The second kappa shape index (κ2) is 5.90. The Morgan fingerprint density at radius 1 is 1.14 bits per heavy atom. The Balaban J connectivity index is 1.68. The Morgan fingerprint density at radius 2 is 1.77 bits per heavy atom. The molecule has 0 atom stereocenters. The fourth-order valence-electron chi connectivity index (χ4n) is 4.03. The summed E-state index contributed by atoms with van der Waals surface area (Å²) in [5.41, 5.74) is 3.85. The van der Waals surface area contributed by atoms with Crippen LogP contribution in [0.4, 0.5) is 5.69 Å². The molecule has 0 radical (unpaired) electrons. The number of nitrogens with zero attached hydrogens (tertiary/aromatic N) is 3. The van der Waals surface area contributed by atoms with Crippen LogP contribution in [0.1, 0.15) is 44.0 Å². The molecule has 3 rings (SSSR count). The van der Waals surface area contributed by atoms with E-state index in [0.29, 0.717) is 11.3 Å². The predicted octanol–water partition coefficient (Wildman–Crippen LogP) is 2.93. The molecule has 22 heavy (non-hydrogen) atoms. The van der Waals surface area contributed by atoms with Crippen LogP contribution in [0, 0.1) is 19.3 Å². The van der Waals surface area contributed by atoms with Crippen molar-refractivity contribution in [3.8, 4) is 0 Å². The summed E-state index contributed by atoms with van der Waals surface area (Å²) in [4.78, 5) is 20.9. The third-order valence-corrected chi connectivity index (χ3v) is 5.39. The van der Waals surface area contributed by atoms with E-state index in [1.165, 1.54) is 18.5 Å². The molecule has 0 unspecified atom stereocenters. The minimum Gasteiger partial charge on any atom is -0.371 e. The van der Waals surface area contributed by atoms with E-state index in [9.17, 15) is 4.79 Å². The second-order valence-corrected chi connectivity index (χ2v) is 7.00. The Kier molecular flexibility index (Phi) is 4.11. The van der Waals surface area contributed by atoms with Crippen LogP contribution in [0.25, 0.3) is 0 Å².